The monoisotopic (exact) mass is 311 g/mol. The van der Waals surface area contributed by atoms with E-state index in [0.717, 1.165) is 36.1 Å². The third-order valence-electron chi connectivity index (χ3n) is 3.37. The summed E-state index contributed by atoms with van der Waals surface area (Å²) in [5.41, 5.74) is 0.775. The van der Waals surface area contributed by atoms with Crippen LogP contribution in [-0.2, 0) is 4.74 Å². The maximum Gasteiger partial charge on any atom is 0.176 e. The van der Waals surface area contributed by atoms with Crippen molar-refractivity contribution >= 4 is 21.7 Å². The molecule has 1 aliphatic heterocycles. The van der Waals surface area contributed by atoms with Gasteiger partial charge in [0.05, 0.1) is 6.54 Å². The van der Waals surface area contributed by atoms with Gasteiger partial charge in [0.25, 0.3) is 0 Å². The summed E-state index contributed by atoms with van der Waals surface area (Å²) in [6, 6.07) is 8.01. The van der Waals surface area contributed by atoms with E-state index in [9.17, 15) is 4.79 Å². The molecule has 0 unspecified atom stereocenters. The van der Waals surface area contributed by atoms with Gasteiger partial charge in [-0.3, -0.25) is 9.69 Å². The number of rotatable bonds is 4. The van der Waals surface area contributed by atoms with Crippen LogP contribution in [0.5, 0.6) is 0 Å². The van der Waals surface area contributed by atoms with Gasteiger partial charge in [0.15, 0.2) is 5.78 Å². The molecule has 98 valence electrons. The lowest BCUT2D eigenvalue weighted by atomic mass is 10.1. The molecular formula is C14H18BrNO2. The van der Waals surface area contributed by atoms with E-state index in [1.807, 2.05) is 31.3 Å². The highest BCUT2D eigenvalue weighted by molar-refractivity contribution is 9.10. The summed E-state index contributed by atoms with van der Waals surface area (Å²) in [7, 11) is 2.02. The highest BCUT2D eigenvalue weighted by Gasteiger charge is 2.20. The van der Waals surface area contributed by atoms with E-state index < -0.39 is 0 Å². The Labute approximate surface area is 116 Å². The zero-order chi connectivity index (χ0) is 13.0. The summed E-state index contributed by atoms with van der Waals surface area (Å²) in [4.78, 5) is 14.3. The van der Waals surface area contributed by atoms with Crippen molar-refractivity contribution in [1.82, 2.24) is 4.90 Å². The molecule has 0 bridgehead atoms. The third kappa shape index (κ3) is 3.64. The van der Waals surface area contributed by atoms with Crippen LogP contribution in [0.2, 0.25) is 0 Å². The van der Waals surface area contributed by atoms with Gasteiger partial charge < -0.3 is 4.74 Å². The highest BCUT2D eigenvalue weighted by atomic mass is 79.9. The van der Waals surface area contributed by atoms with Crippen LogP contribution in [0.25, 0.3) is 0 Å². The second-order valence-electron chi connectivity index (χ2n) is 4.69. The lowest BCUT2D eigenvalue weighted by Gasteiger charge is -2.30. The molecule has 0 atom stereocenters. The molecule has 1 saturated heterocycles. The molecule has 4 heteroatoms. The Kier molecular flexibility index (Phi) is 4.92. The molecule has 1 heterocycles. The molecule has 1 aromatic carbocycles. The Morgan fingerprint density at radius 1 is 1.33 bits per heavy atom. The molecule has 1 fully saturated rings. The summed E-state index contributed by atoms with van der Waals surface area (Å²) >= 11 is 3.37. The van der Waals surface area contributed by atoms with Crippen molar-refractivity contribution in [3.05, 3.63) is 34.3 Å². The van der Waals surface area contributed by atoms with Gasteiger partial charge in [0.2, 0.25) is 0 Å². The summed E-state index contributed by atoms with van der Waals surface area (Å²) in [6.07, 6.45) is 2.04. The maximum absolute atomic E-state index is 12.1. The van der Waals surface area contributed by atoms with Crippen molar-refractivity contribution in [2.45, 2.75) is 18.9 Å². The third-order valence-corrected chi connectivity index (χ3v) is 3.90. The number of ether oxygens (including phenoxy) is 1. The van der Waals surface area contributed by atoms with Crippen LogP contribution < -0.4 is 0 Å². The van der Waals surface area contributed by atoms with Crippen LogP contribution in [0.3, 0.4) is 0 Å². The van der Waals surface area contributed by atoms with Gasteiger partial charge in [-0.15, -0.1) is 0 Å². The predicted octanol–water partition coefficient (Wildman–Crippen LogP) is 2.74. The lowest BCUT2D eigenvalue weighted by Crippen LogP contribution is -2.39. The molecule has 0 aliphatic carbocycles. The minimum atomic E-state index is 0.177. The van der Waals surface area contributed by atoms with E-state index in [1.54, 1.807) is 0 Å². The van der Waals surface area contributed by atoms with E-state index in [4.69, 9.17) is 4.74 Å². The Bertz CT molecular complexity index is 399. The van der Waals surface area contributed by atoms with E-state index in [1.165, 1.54) is 0 Å². The number of hydrogen-bond donors (Lipinski definition) is 0. The van der Waals surface area contributed by atoms with Crippen molar-refractivity contribution in [2.24, 2.45) is 0 Å². The van der Waals surface area contributed by atoms with E-state index in [2.05, 4.69) is 20.8 Å². The fourth-order valence-corrected chi connectivity index (χ4v) is 2.47. The molecule has 0 radical (unpaired) electrons. The van der Waals surface area contributed by atoms with Crippen LogP contribution in [0.4, 0.5) is 0 Å². The summed E-state index contributed by atoms with van der Waals surface area (Å²) in [5.74, 6) is 0.177. The standard InChI is InChI=1S/C14H18BrNO2/c1-16(13-6-8-18-9-7-13)10-14(17)11-2-4-12(15)5-3-11/h2-5,13H,6-10H2,1H3. The normalized spacial score (nSPS) is 17.1. The number of likely N-dealkylation sites (N-methyl/N-ethyl adjacent to an activating group) is 1. The number of benzene rings is 1. The molecule has 18 heavy (non-hydrogen) atoms. The lowest BCUT2D eigenvalue weighted by molar-refractivity contribution is 0.0418. The predicted molar refractivity (Wildman–Crippen MR) is 74.9 cm³/mol. The second-order valence-corrected chi connectivity index (χ2v) is 5.60. The van der Waals surface area contributed by atoms with Crippen LogP contribution >= 0.6 is 15.9 Å². The zero-order valence-corrected chi connectivity index (χ0v) is 12.1. The average Bonchev–Trinajstić information content (AvgIpc) is 2.40. The number of carbonyl (C=O) groups excluding carboxylic acids is 1. The Morgan fingerprint density at radius 2 is 1.94 bits per heavy atom. The molecule has 0 amide bonds. The minimum absolute atomic E-state index is 0.177. The fourth-order valence-electron chi connectivity index (χ4n) is 2.21. The van der Waals surface area contributed by atoms with E-state index >= 15 is 0 Å². The van der Waals surface area contributed by atoms with Crippen LogP contribution in [-0.4, -0.2) is 43.5 Å². The minimum Gasteiger partial charge on any atom is -0.381 e. The molecule has 2 rings (SSSR count). The number of halogens is 1. The first-order valence-electron chi connectivity index (χ1n) is 6.23. The number of nitrogens with zero attached hydrogens (tertiary/aromatic N) is 1. The molecule has 0 saturated carbocycles. The molecule has 0 spiro atoms. The molecular weight excluding hydrogens is 294 g/mol. The molecule has 3 nitrogen and oxygen atoms in total. The van der Waals surface area contributed by atoms with Gasteiger partial charge in [0.1, 0.15) is 0 Å². The van der Waals surface area contributed by atoms with E-state index in [-0.39, 0.29) is 5.78 Å². The molecule has 0 aromatic heterocycles. The van der Waals surface area contributed by atoms with Crippen LogP contribution in [0, 0.1) is 0 Å². The highest BCUT2D eigenvalue weighted by Crippen LogP contribution is 2.15. The van der Waals surface area contributed by atoms with Crippen LogP contribution in [0.15, 0.2) is 28.7 Å². The van der Waals surface area contributed by atoms with Gasteiger partial charge in [-0.2, -0.15) is 0 Å². The van der Waals surface area contributed by atoms with Crippen molar-refractivity contribution in [1.29, 1.82) is 0 Å². The Hall–Kier alpha value is -0.710. The van der Waals surface area contributed by atoms with Gasteiger partial charge >= 0.3 is 0 Å². The largest absolute Gasteiger partial charge is 0.381 e. The van der Waals surface area contributed by atoms with Crippen LogP contribution in [0.1, 0.15) is 23.2 Å². The Morgan fingerprint density at radius 3 is 2.56 bits per heavy atom. The summed E-state index contributed by atoms with van der Waals surface area (Å²) in [6.45, 7) is 2.09. The number of hydrogen-bond acceptors (Lipinski definition) is 3. The second kappa shape index (κ2) is 6.45. The topological polar surface area (TPSA) is 29.5 Å². The van der Waals surface area contributed by atoms with Crippen molar-refractivity contribution in [2.75, 3.05) is 26.8 Å². The summed E-state index contributed by atoms with van der Waals surface area (Å²) in [5, 5.41) is 0. The first-order chi connectivity index (χ1) is 8.66. The van der Waals surface area contributed by atoms with Crippen molar-refractivity contribution in [3.63, 3.8) is 0 Å². The van der Waals surface area contributed by atoms with Crippen molar-refractivity contribution in [3.8, 4) is 0 Å². The molecule has 0 N–H and O–H groups in total. The fraction of sp³-hybridized carbons (Fsp3) is 0.500. The smallest absolute Gasteiger partial charge is 0.176 e. The maximum atomic E-state index is 12.1. The van der Waals surface area contributed by atoms with Gasteiger partial charge in [-0.1, -0.05) is 28.1 Å². The van der Waals surface area contributed by atoms with Gasteiger partial charge in [0, 0.05) is 29.3 Å². The van der Waals surface area contributed by atoms with Gasteiger partial charge in [-0.25, -0.2) is 0 Å². The first kappa shape index (κ1) is 13.7. The zero-order valence-electron chi connectivity index (χ0n) is 10.6. The first-order valence-corrected chi connectivity index (χ1v) is 7.03. The quantitative estimate of drug-likeness (QED) is 0.801. The van der Waals surface area contributed by atoms with Gasteiger partial charge in [-0.05, 0) is 32.0 Å². The number of ketones is 1. The summed E-state index contributed by atoms with van der Waals surface area (Å²) < 4.78 is 6.33. The number of Topliss-reactive ketones (excluding diaryl/α,β-unsaturated/α-hetero) is 1. The Balaban J connectivity index is 1.91. The SMILES string of the molecule is CN(CC(=O)c1ccc(Br)cc1)C1CCOCC1. The number of carbonyl (C=O) groups is 1. The van der Waals surface area contributed by atoms with E-state index in [0.29, 0.717) is 12.6 Å². The molecule has 1 aliphatic rings. The average molecular weight is 312 g/mol. The molecule has 1 aromatic rings. The van der Waals surface area contributed by atoms with Crippen molar-refractivity contribution < 1.29 is 9.53 Å².